The van der Waals surface area contributed by atoms with Gasteiger partial charge in [0.1, 0.15) is 11.7 Å². The highest BCUT2D eigenvalue weighted by molar-refractivity contribution is 6.08. The van der Waals surface area contributed by atoms with Gasteiger partial charge in [-0.25, -0.2) is 0 Å². The molecular formula is C24H26N2O3. The predicted octanol–water partition coefficient (Wildman–Crippen LogP) is 4.08. The third-order valence-electron chi connectivity index (χ3n) is 7.09. The van der Waals surface area contributed by atoms with E-state index in [0.29, 0.717) is 0 Å². The summed E-state index contributed by atoms with van der Waals surface area (Å²) in [7, 11) is 1.80. The number of benzene rings is 2. The number of aryl methyl sites for hydroxylation is 1. The van der Waals surface area contributed by atoms with E-state index in [9.17, 15) is 9.59 Å². The van der Waals surface area contributed by atoms with Crippen LogP contribution in [-0.4, -0.2) is 29.5 Å². The molecule has 1 aliphatic carbocycles. The van der Waals surface area contributed by atoms with E-state index in [1.807, 2.05) is 55.5 Å². The SMILES string of the molecule is Cc1ccccc1NC(=O)[C@H]1C(=O)N(C)[C@@]23CCCC[C@@H]2[C@@H]1c1ccccc1O3. The quantitative estimate of drug-likeness (QED) is 0.786. The van der Waals surface area contributed by atoms with Crippen LogP contribution in [0, 0.1) is 18.8 Å². The summed E-state index contributed by atoms with van der Waals surface area (Å²) in [4.78, 5) is 28.7. The second-order valence-electron chi connectivity index (χ2n) is 8.54. The Bertz CT molecular complexity index is 988. The maximum absolute atomic E-state index is 13.5. The lowest BCUT2D eigenvalue weighted by Gasteiger charge is -2.59. The first kappa shape index (κ1) is 18.2. The molecule has 4 atom stereocenters. The zero-order valence-corrected chi connectivity index (χ0v) is 16.9. The summed E-state index contributed by atoms with van der Waals surface area (Å²) < 4.78 is 6.52. The van der Waals surface area contributed by atoms with Gasteiger partial charge in [-0.1, -0.05) is 42.8 Å². The number of fused-ring (bicyclic) bond motifs is 2. The minimum absolute atomic E-state index is 0.126. The van der Waals surface area contributed by atoms with Crippen molar-refractivity contribution in [2.75, 3.05) is 12.4 Å². The molecule has 2 aromatic rings. The minimum Gasteiger partial charge on any atom is -0.467 e. The molecule has 5 rings (SSSR count). The Morgan fingerprint density at radius 3 is 2.72 bits per heavy atom. The molecule has 0 aromatic heterocycles. The van der Waals surface area contributed by atoms with E-state index in [4.69, 9.17) is 4.74 Å². The molecule has 0 spiro atoms. The van der Waals surface area contributed by atoms with Crippen molar-refractivity contribution < 1.29 is 14.3 Å². The van der Waals surface area contributed by atoms with Crippen LogP contribution in [0.15, 0.2) is 48.5 Å². The van der Waals surface area contributed by atoms with Crippen LogP contribution in [0.1, 0.15) is 42.7 Å². The Labute approximate surface area is 171 Å². The van der Waals surface area contributed by atoms with Crippen LogP contribution in [0.25, 0.3) is 0 Å². The van der Waals surface area contributed by atoms with Gasteiger partial charge in [-0.3, -0.25) is 9.59 Å². The number of nitrogens with one attached hydrogen (secondary N) is 1. The van der Waals surface area contributed by atoms with Gasteiger partial charge in [0.05, 0.1) is 0 Å². The van der Waals surface area contributed by atoms with Crippen LogP contribution in [0.5, 0.6) is 5.75 Å². The number of hydrogen-bond acceptors (Lipinski definition) is 3. The molecule has 2 heterocycles. The number of likely N-dealkylation sites (tertiary alicyclic amines) is 1. The van der Waals surface area contributed by atoms with Crippen LogP contribution < -0.4 is 10.1 Å². The first-order valence-corrected chi connectivity index (χ1v) is 10.4. The van der Waals surface area contributed by atoms with Gasteiger partial charge in [0.2, 0.25) is 11.8 Å². The standard InChI is InChI=1S/C24H26N2O3/c1-15-9-3-5-12-18(15)25-22(27)21-20-16-10-4-6-13-19(16)29-24(26(2)23(21)28)14-8-7-11-17(20)24/h3-6,9-10,12-13,17,20-21H,7-8,11,14H2,1-2H3,(H,25,27)/t17-,20+,21+,24-/m1/s1. The lowest BCUT2D eigenvalue weighted by molar-refractivity contribution is -0.201. The summed E-state index contributed by atoms with van der Waals surface area (Å²) in [5, 5.41) is 3.03. The van der Waals surface area contributed by atoms with Gasteiger partial charge >= 0.3 is 0 Å². The molecular weight excluding hydrogens is 364 g/mol. The second-order valence-corrected chi connectivity index (χ2v) is 8.54. The first-order chi connectivity index (χ1) is 14.0. The molecule has 3 aliphatic rings. The fourth-order valence-corrected chi connectivity index (χ4v) is 5.64. The number of para-hydroxylation sites is 2. The van der Waals surface area contributed by atoms with Crippen molar-refractivity contribution in [3.05, 3.63) is 59.7 Å². The summed E-state index contributed by atoms with van der Waals surface area (Å²) >= 11 is 0. The van der Waals surface area contributed by atoms with Gasteiger partial charge < -0.3 is 15.0 Å². The van der Waals surface area contributed by atoms with E-state index in [1.165, 1.54) is 0 Å². The van der Waals surface area contributed by atoms with Crippen molar-refractivity contribution >= 4 is 17.5 Å². The van der Waals surface area contributed by atoms with Gasteiger partial charge in [0.25, 0.3) is 0 Å². The van der Waals surface area contributed by atoms with Crippen molar-refractivity contribution in [3.8, 4) is 5.75 Å². The fraction of sp³-hybridized carbons (Fsp3) is 0.417. The zero-order valence-electron chi connectivity index (χ0n) is 16.9. The van der Waals surface area contributed by atoms with E-state index in [-0.39, 0.29) is 23.7 Å². The summed E-state index contributed by atoms with van der Waals surface area (Å²) in [5.74, 6) is -0.343. The van der Waals surface area contributed by atoms with Crippen molar-refractivity contribution in [1.82, 2.24) is 4.90 Å². The smallest absolute Gasteiger partial charge is 0.238 e. The van der Waals surface area contributed by atoms with E-state index in [0.717, 1.165) is 48.2 Å². The molecule has 2 amide bonds. The number of ether oxygens (including phenoxy) is 1. The fourth-order valence-electron chi connectivity index (χ4n) is 5.64. The molecule has 2 aromatic carbocycles. The highest BCUT2D eigenvalue weighted by Gasteiger charge is 2.63. The summed E-state index contributed by atoms with van der Waals surface area (Å²) in [5.41, 5.74) is 2.10. The highest BCUT2D eigenvalue weighted by atomic mass is 16.5. The predicted molar refractivity (Wildman–Crippen MR) is 111 cm³/mol. The molecule has 1 saturated heterocycles. The molecule has 1 N–H and O–H groups in total. The number of rotatable bonds is 2. The molecule has 29 heavy (non-hydrogen) atoms. The van der Waals surface area contributed by atoms with Crippen molar-refractivity contribution in [1.29, 1.82) is 0 Å². The average molecular weight is 390 g/mol. The third kappa shape index (κ3) is 2.60. The summed E-state index contributed by atoms with van der Waals surface area (Å²) in [6.45, 7) is 1.96. The monoisotopic (exact) mass is 390 g/mol. The molecule has 150 valence electrons. The Balaban J connectivity index is 1.60. The number of amides is 2. The Hall–Kier alpha value is -2.82. The number of carbonyl (C=O) groups excluding carboxylic acids is 2. The lowest BCUT2D eigenvalue weighted by atomic mass is 9.61. The maximum Gasteiger partial charge on any atom is 0.238 e. The molecule has 1 saturated carbocycles. The zero-order chi connectivity index (χ0) is 20.2. The van der Waals surface area contributed by atoms with E-state index >= 15 is 0 Å². The Morgan fingerprint density at radius 1 is 1.14 bits per heavy atom. The van der Waals surface area contributed by atoms with Crippen LogP contribution in [-0.2, 0) is 9.59 Å². The molecule has 0 radical (unpaired) electrons. The van der Waals surface area contributed by atoms with Crippen LogP contribution in [0.2, 0.25) is 0 Å². The normalized spacial score (nSPS) is 30.1. The topological polar surface area (TPSA) is 58.6 Å². The largest absolute Gasteiger partial charge is 0.467 e. The average Bonchev–Trinajstić information content (AvgIpc) is 2.73. The first-order valence-electron chi connectivity index (χ1n) is 10.4. The van der Waals surface area contributed by atoms with Crippen molar-refractivity contribution in [2.45, 2.75) is 44.2 Å². The Morgan fingerprint density at radius 2 is 1.90 bits per heavy atom. The van der Waals surface area contributed by atoms with Gasteiger partial charge in [-0.05, 0) is 43.0 Å². The van der Waals surface area contributed by atoms with Gasteiger partial charge in [0.15, 0.2) is 5.72 Å². The Kier molecular flexibility index (Phi) is 4.16. The molecule has 5 nitrogen and oxygen atoms in total. The van der Waals surface area contributed by atoms with Crippen LogP contribution >= 0.6 is 0 Å². The molecule has 2 bridgehead atoms. The number of hydrogen-bond donors (Lipinski definition) is 1. The highest BCUT2D eigenvalue weighted by Crippen LogP contribution is 2.58. The molecule has 0 unspecified atom stereocenters. The van der Waals surface area contributed by atoms with E-state index in [1.54, 1.807) is 11.9 Å². The van der Waals surface area contributed by atoms with Crippen molar-refractivity contribution in [3.63, 3.8) is 0 Å². The van der Waals surface area contributed by atoms with E-state index < -0.39 is 11.6 Å². The number of carbonyl (C=O) groups is 2. The number of nitrogens with zero attached hydrogens (tertiary/aromatic N) is 1. The minimum atomic E-state index is -0.749. The van der Waals surface area contributed by atoms with E-state index in [2.05, 4.69) is 5.32 Å². The third-order valence-corrected chi connectivity index (χ3v) is 7.09. The second kappa shape index (κ2) is 6.61. The maximum atomic E-state index is 13.5. The van der Waals surface area contributed by atoms with Gasteiger partial charge in [-0.2, -0.15) is 0 Å². The molecule has 5 heteroatoms. The molecule has 2 fully saturated rings. The van der Waals surface area contributed by atoms with Crippen LogP contribution in [0.4, 0.5) is 5.69 Å². The lowest BCUT2D eigenvalue weighted by Crippen LogP contribution is -2.70. The molecule has 2 aliphatic heterocycles. The van der Waals surface area contributed by atoms with Crippen molar-refractivity contribution in [2.24, 2.45) is 11.8 Å². The number of anilines is 1. The van der Waals surface area contributed by atoms with Crippen LogP contribution in [0.3, 0.4) is 0 Å². The summed E-state index contributed by atoms with van der Waals surface area (Å²) in [6, 6.07) is 15.6. The summed E-state index contributed by atoms with van der Waals surface area (Å²) in [6.07, 6.45) is 3.91. The number of piperidine rings is 1. The van der Waals surface area contributed by atoms with Gasteiger partial charge in [0, 0.05) is 31.0 Å². The van der Waals surface area contributed by atoms with Gasteiger partial charge in [-0.15, -0.1) is 0 Å².